The molecular formula is C13H15N3O2S. The van der Waals surface area contributed by atoms with Crippen molar-refractivity contribution in [1.82, 2.24) is 14.8 Å². The number of hydrogen-bond donors (Lipinski definition) is 1. The highest BCUT2D eigenvalue weighted by molar-refractivity contribution is 7.98. The van der Waals surface area contributed by atoms with Crippen LogP contribution in [0.3, 0.4) is 0 Å². The molecule has 0 fully saturated rings. The van der Waals surface area contributed by atoms with E-state index in [1.807, 2.05) is 16.9 Å². The summed E-state index contributed by atoms with van der Waals surface area (Å²) in [6, 6.07) is 5.61. The fourth-order valence-electron chi connectivity index (χ4n) is 1.48. The second kappa shape index (κ2) is 5.88. The van der Waals surface area contributed by atoms with E-state index < -0.39 is 5.97 Å². The van der Waals surface area contributed by atoms with Gasteiger partial charge >= 0.3 is 5.97 Å². The molecule has 100 valence electrons. The van der Waals surface area contributed by atoms with Gasteiger partial charge in [-0.2, -0.15) is 5.10 Å². The van der Waals surface area contributed by atoms with Gasteiger partial charge in [0, 0.05) is 24.2 Å². The van der Waals surface area contributed by atoms with Crippen molar-refractivity contribution in [2.75, 3.05) is 0 Å². The lowest BCUT2D eigenvalue weighted by Gasteiger charge is -2.03. The average Bonchev–Trinajstić information content (AvgIpc) is 2.86. The van der Waals surface area contributed by atoms with Crippen LogP contribution in [0.5, 0.6) is 0 Å². The van der Waals surface area contributed by atoms with Gasteiger partial charge in [0.1, 0.15) is 0 Å². The summed E-state index contributed by atoms with van der Waals surface area (Å²) in [7, 11) is 0. The fraction of sp³-hybridized carbons (Fsp3) is 0.308. The molecule has 0 aliphatic rings. The maximum Gasteiger partial charge on any atom is 0.337 e. The van der Waals surface area contributed by atoms with E-state index in [4.69, 9.17) is 5.11 Å². The van der Waals surface area contributed by atoms with Crippen LogP contribution in [0.4, 0.5) is 0 Å². The molecule has 0 spiro atoms. The Morgan fingerprint density at radius 1 is 1.42 bits per heavy atom. The molecule has 2 heterocycles. The maximum absolute atomic E-state index is 10.7. The molecule has 5 nitrogen and oxygen atoms in total. The van der Waals surface area contributed by atoms with Crippen molar-refractivity contribution in [1.29, 1.82) is 0 Å². The highest BCUT2D eigenvalue weighted by Gasteiger charge is 2.05. The van der Waals surface area contributed by atoms with Crippen LogP contribution in [0.1, 0.15) is 35.9 Å². The third kappa shape index (κ3) is 3.57. The van der Waals surface area contributed by atoms with Crippen LogP contribution in [-0.2, 0) is 5.75 Å². The van der Waals surface area contributed by atoms with Crippen LogP contribution in [0.25, 0.3) is 0 Å². The number of carbonyl (C=O) groups is 1. The molecule has 1 N–H and O–H groups in total. The summed E-state index contributed by atoms with van der Waals surface area (Å²) >= 11 is 1.54. The number of carboxylic acid groups (broad SMARTS) is 1. The minimum atomic E-state index is -0.959. The molecule has 6 heteroatoms. The lowest BCUT2D eigenvalue weighted by atomic mass is 10.3. The van der Waals surface area contributed by atoms with Gasteiger partial charge in [0.25, 0.3) is 0 Å². The Labute approximate surface area is 115 Å². The van der Waals surface area contributed by atoms with Gasteiger partial charge in [-0.25, -0.2) is 9.78 Å². The molecule has 2 rings (SSSR count). The van der Waals surface area contributed by atoms with Crippen molar-refractivity contribution in [3.63, 3.8) is 0 Å². The third-order valence-electron chi connectivity index (χ3n) is 2.54. The summed E-state index contributed by atoms with van der Waals surface area (Å²) in [6.45, 7) is 4.16. The molecule has 0 aliphatic heterocycles. The zero-order valence-electron chi connectivity index (χ0n) is 10.8. The molecular weight excluding hydrogens is 262 g/mol. The molecule has 2 aromatic rings. The Morgan fingerprint density at radius 3 is 2.74 bits per heavy atom. The second-order valence-electron chi connectivity index (χ2n) is 4.36. The van der Waals surface area contributed by atoms with Gasteiger partial charge < -0.3 is 5.11 Å². The Bertz CT molecular complexity index is 564. The van der Waals surface area contributed by atoms with Crippen molar-refractivity contribution in [3.8, 4) is 0 Å². The molecule has 0 atom stereocenters. The molecule has 0 saturated carbocycles. The molecule has 0 aliphatic carbocycles. The van der Waals surface area contributed by atoms with Crippen LogP contribution in [0, 0.1) is 0 Å². The summed E-state index contributed by atoms with van der Waals surface area (Å²) in [4.78, 5) is 14.8. The largest absolute Gasteiger partial charge is 0.478 e. The topological polar surface area (TPSA) is 68.0 Å². The zero-order chi connectivity index (χ0) is 13.8. The smallest absolute Gasteiger partial charge is 0.337 e. The van der Waals surface area contributed by atoms with Crippen LogP contribution in [-0.4, -0.2) is 25.8 Å². The second-order valence-corrected chi connectivity index (χ2v) is 5.36. The normalized spacial score (nSPS) is 10.9. The Kier molecular flexibility index (Phi) is 4.21. The number of hydrogen-bond acceptors (Lipinski definition) is 4. The van der Waals surface area contributed by atoms with E-state index in [0.29, 0.717) is 6.04 Å². The van der Waals surface area contributed by atoms with Gasteiger partial charge in [-0.05, 0) is 32.0 Å². The maximum atomic E-state index is 10.7. The first-order chi connectivity index (χ1) is 9.06. The number of rotatable bonds is 5. The molecule has 19 heavy (non-hydrogen) atoms. The lowest BCUT2D eigenvalue weighted by molar-refractivity contribution is 0.0696. The van der Waals surface area contributed by atoms with Gasteiger partial charge in [0.2, 0.25) is 0 Å². The Morgan fingerprint density at radius 2 is 2.21 bits per heavy atom. The van der Waals surface area contributed by atoms with E-state index in [2.05, 4.69) is 23.9 Å². The summed E-state index contributed by atoms with van der Waals surface area (Å²) in [6.07, 6.45) is 3.33. The monoisotopic (exact) mass is 277 g/mol. The summed E-state index contributed by atoms with van der Waals surface area (Å²) in [5, 5.41) is 14.0. The predicted octanol–water partition coefficient (Wildman–Crippen LogP) is 2.85. The fourth-order valence-corrected chi connectivity index (χ4v) is 2.22. The van der Waals surface area contributed by atoms with Gasteiger partial charge in [-0.3, -0.25) is 4.68 Å². The molecule has 0 bridgehead atoms. The van der Waals surface area contributed by atoms with Crippen molar-refractivity contribution in [2.45, 2.75) is 30.7 Å². The highest BCUT2D eigenvalue weighted by atomic mass is 32.2. The van der Waals surface area contributed by atoms with Crippen molar-refractivity contribution in [3.05, 3.63) is 41.9 Å². The Balaban J connectivity index is 1.96. The predicted molar refractivity (Wildman–Crippen MR) is 73.4 cm³/mol. The van der Waals surface area contributed by atoms with Crippen LogP contribution in [0.2, 0.25) is 0 Å². The standard InChI is InChI=1S/C13H15N3O2S/c1-9(2)16-6-5-11(15-16)8-19-12-4-3-10(7-14-12)13(17)18/h3-7,9H,8H2,1-2H3,(H,17,18). The number of carboxylic acids is 1. The average molecular weight is 277 g/mol. The summed E-state index contributed by atoms with van der Waals surface area (Å²) in [5.41, 5.74) is 1.19. The van der Waals surface area contributed by atoms with Crippen LogP contribution < -0.4 is 0 Å². The first-order valence-electron chi connectivity index (χ1n) is 5.92. The first-order valence-corrected chi connectivity index (χ1v) is 6.91. The molecule has 0 radical (unpaired) electrons. The highest BCUT2D eigenvalue weighted by Crippen LogP contribution is 2.20. The summed E-state index contributed by atoms with van der Waals surface area (Å²) in [5.74, 6) is -0.237. The van der Waals surface area contributed by atoms with Crippen molar-refractivity contribution < 1.29 is 9.90 Å². The van der Waals surface area contributed by atoms with E-state index in [-0.39, 0.29) is 5.56 Å². The van der Waals surface area contributed by atoms with Crippen LogP contribution in [0.15, 0.2) is 35.6 Å². The van der Waals surface area contributed by atoms with E-state index >= 15 is 0 Å². The van der Waals surface area contributed by atoms with Crippen LogP contribution >= 0.6 is 11.8 Å². The number of pyridine rings is 1. The van der Waals surface area contributed by atoms with E-state index in [1.165, 1.54) is 18.0 Å². The first kappa shape index (κ1) is 13.6. The zero-order valence-corrected chi connectivity index (χ0v) is 11.6. The molecule has 2 aromatic heterocycles. The van der Waals surface area contributed by atoms with Crippen molar-refractivity contribution in [2.24, 2.45) is 0 Å². The van der Waals surface area contributed by atoms with E-state index in [1.54, 1.807) is 12.1 Å². The SMILES string of the molecule is CC(C)n1ccc(CSc2ccc(C(=O)O)cn2)n1. The summed E-state index contributed by atoms with van der Waals surface area (Å²) < 4.78 is 1.91. The third-order valence-corrected chi connectivity index (χ3v) is 3.52. The lowest BCUT2D eigenvalue weighted by Crippen LogP contribution is -2.01. The number of thioether (sulfide) groups is 1. The number of nitrogens with zero attached hydrogens (tertiary/aromatic N) is 3. The Hall–Kier alpha value is -1.82. The van der Waals surface area contributed by atoms with Gasteiger partial charge in [-0.1, -0.05) is 11.8 Å². The minimum Gasteiger partial charge on any atom is -0.478 e. The van der Waals surface area contributed by atoms with Gasteiger partial charge in [0.05, 0.1) is 16.3 Å². The van der Waals surface area contributed by atoms with Crippen molar-refractivity contribution >= 4 is 17.7 Å². The van der Waals surface area contributed by atoms with Gasteiger partial charge in [0.15, 0.2) is 0 Å². The molecule has 0 unspecified atom stereocenters. The number of aromatic nitrogens is 3. The number of aromatic carboxylic acids is 1. The van der Waals surface area contributed by atoms with Gasteiger partial charge in [-0.15, -0.1) is 0 Å². The van der Waals surface area contributed by atoms with E-state index in [0.717, 1.165) is 16.5 Å². The molecule has 0 amide bonds. The molecule has 0 saturated heterocycles. The quantitative estimate of drug-likeness (QED) is 0.851. The minimum absolute atomic E-state index is 0.202. The molecule has 0 aromatic carbocycles. The van der Waals surface area contributed by atoms with E-state index in [9.17, 15) is 4.79 Å².